The molecule has 4 nitrogen and oxygen atoms in total. The Bertz CT molecular complexity index is 406. The molecule has 1 aromatic carbocycles. The van der Waals surface area contributed by atoms with E-state index in [4.69, 9.17) is 9.47 Å². The van der Waals surface area contributed by atoms with Gasteiger partial charge in [0.2, 0.25) is 0 Å². The first-order valence-electron chi connectivity index (χ1n) is 7.86. The van der Waals surface area contributed by atoms with Crippen LogP contribution in [0.1, 0.15) is 45.6 Å². The summed E-state index contributed by atoms with van der Waals surface area (Å²) in [5.74, 6) is 1.62. The zero-order valence-electron chi connectivity index (χ0n) is 13.3. The van der Waals surface area contributed by atoms with Crippen LogP contribution in [0.15, 0.2) is 18.2 Å². The lowest BCUT2D eigenvalue weighted by atomic mass is 10.0. The molecule has 0 saturated carbocycles. The van der Waals surface area contributed by atoms with Gasteiger partial charge in [0.15, 0.2) is 0 Å². The Kier molecular flexibility index (Phi) is 8.16. The predicted octanol–water partition coefficient (Wildman–Crippen LogP) is 2.94. The van der Waals surface area contributed by atoms with Gasteiger partial charge in [0.1, 0.15) is 11.5 Å². The third-order valence-corrected chi connectivity index (χ3v) is 3.38. The zero-order chi connectivity index (χ0) is 15.7. The minimum Gasteiger partial charge on any atom is -0.494 e. The number of rotatable bonds is 10. The Balaban J connectivity index is 2.71. The summed E-state index contributed by atoms with van der Waals surface area (Å²) in [6.45, 7) is 7.10. The second kappa shape index (κ2) is 9.64. The van der Waals surface area contributed by atoms with Crippen molar-refractivity contribution in [2.45, 2.75) is 58.7 Å². The first kappa shape index (κ1) is 17.8. The average molecular weight is 296 g/mol. The van der Waals surface area contributed by atoms with E-state index in [1.165, 1.54) is 0 Å². The van der Waals surface area contributed by atoms with Gasteiger partial charge in [-0.1, -0.05) is 13.3 Å². The summed E-state index contributed by atoms with van der Waals surface area (Å²) in [5, 5.41) is 19.8. The Morgan fingerprint density at radius 3 is 2.24 bits per heavy atom. The largest absolute Gasteiger partial charge is 0.494 e. The molecule has 0 aromatic heterocycles. The zero-order valence-corrected chi connectivity index (χ0v) is 13.3. The normalized spacial score (nSPS) is 13.8. The highest BCUT2D eigenvalue weighted by atomic mass is 16.5. The third-order valence-electron chi connectivity index (χ3n) is 3.38. The summed E-state index contributed by atoms with van der Waals surface area (Å²) >= 11 is 0. The SMILES string of the molecule is CCCC(O)C(O)CCc1cc(OCC)ccc1OCC. The molecule has 1 rings (SSSR count). The molecule has 21 heavy (non-hydrogen) atoms. The summed E-state index contributed by atoms with van der Waals surface area (Å²) in [5.41, 5.74) is 1.01. The highest BCUT2D eigenvalue weighted by Crippen LogP contribution is 2.26. The number of ether oxygens (including phenoxy) is 2. The van der Waals surface area contributed by atoms with Gasteiger partial charge >= 0.3 is 0 Å². The maximum absolute atomic E-state index is 9.98. The first-order chi connectivity index (χ1) is 10.1. The van der Waals surface area contributed by atoms with Crippen LogP contribution in [-0.2, 0) is 6.42 Å². The summed E-state index contributed by atoms with van der Waals surface area (Å²) < 4.78 is 11.1. The van der Waals surface area contributed by atoms with Crippen LogP contribution in [0, 0.1) is 0 Å². The topological polar surface area (TPSA) is 58.9 Å². The molecule has 1 aromatic rings. The van der Waals surface area contributed by atoms with Crippen molar-refractivity contribution in [1.29, 1.82) is 0 Å². The van der Waals surface area contributed by atoms with Gasteiger partial charge in [-0.25, -0.2) is 0 Å². The number of hydrogen-bond donors (Lipinski definition) is 2. The van der Waals surface area contributed by atoms with Crippen molar-refractivity contribution in [3.63, 3.8) is 0 Å². The number of benzene rings is 1. The predicted molar refractivity (Wildman–Crippen MR) is 84.0 cm³/mol. The van der Waals surface area contributed by atoms with Crippen molar-refractivity contribution in [2.75, 3.05) is 13.2 Å². The van der Waals surface area contributed by atoms with E-state index in [1.54, 1.807) is 0 Å². The highest BCUT2D eigenvalue weighted by molar-refractivity contribution is 5.40. The molecule has 2 N–H and O–H groups in total. The molecule has 0 aliphatic rings. The number of aryl methyl sites for hydroxylation is 1. The Morgan fingerprint density at radius 1 is 0.952 bits per heavy atom. The van der Waals surface area contributed by atoms with E-state index in [2.05, 4.69) is 0 Å². The maximum Gasteiger partial charge on any atom is 0.122 e. The third kappa shape index (κ3) is 5.94. The van der Waals surface area contributed by atoms with E-state index < -0.39 is 12.2 Å². The number of aliphatic hydroxyl groups is 2. The fraction of sp³-hybridized carbons (Fsp3) is 0.647. The molecule has 2 unspecified atom stereocenters. The van der Waals surface area contributed by atoms with Gasteiger partial charge in [-0.15, -0.1) is 0 Å². The van der Waals surface area contributed by atoms with Crippen LogP contribution in [0.5, 0.6) is 11.5 Å². The second-order valence-corrected chi connectivity index (χ2v) is 5.10. The van der Waals surface area contributed by atoms with Crippen molar-refractivity contribution in [1.82, 2.24) is 0 Å². The quantitative estimate of drug-likeness (QED) is 0.697. The van der Waals surface area contributed by atoms with E-state index in [1.807, 2.05) is 39.0 Å². The molecule has 0 saturated heterocycles. The van der Waals surface area contributed by atoms with Crippen molar-refractivity contribution >= 4 is 0 Å². The van der Waals surface area contributed by atoms with Crippen LogP contribution in [0.4, 0.5) is 0 Å². The summed E-state index contributed by atoms with van der Waals surface area (Å²) in [4.78, 5) is 0. The molecule has 2 atom stereocenters. The van der Waals surface area contributed by atoms with Crippen LogP contribution in [0.25, 0.3) is 0 Å². The summed E-state index contributed by atoms with van der Waals surface area (Å²) in [6.07, 6.45) is 1.30. The second-order valence-electron chi connectivity index (χ2n) is 5.10. The number of hydrogen-bond acceptors (Lipinski definition) is 4. The molecule has 0 bridgehead atoms. The van der Waals surface area contributed by atoms with E-state index in [0.717, 1.165) is 23.5 Å². The first-order valence-corrected chi connectivity index (χ1v) is 7.86. The van der Waals surface area contributed by atoms with E-state index in [9.17, 15) is 10.2 Å². The molecule has 0 aliphatic carbocycles. The van der Waals surface area contributed by atoms with Gasteiger partial charge in [0.25, 0.3) is 0 Å². The average Bonchev–Trinajstić information content (AvgIpc) is 2.47. The summed E-state index contributed by atoms with van der Waals surface area (Å²) in [7, 11) is 0. The standard InChI is InChI=1S/C17H28O4/c1-4-7-15(18)16(19)10-8-13-12-14(20-5-2)9-11-17(13)21-6-3/h9,11-12,15-16,18-19H,4-8,10H2,1-3H3. The molecule has 0 spiro atoms. The Morgan fingerprint density at radius 2 is 1.62 bits per heavy atom. The van der Waals surface area contributed by atoms with Gasteiger partial charge in [0, 0.05) is 0 Å². The van der Waals surface area contributed by atoms with E-state index >= 15 is 0 Å². The lowest BCUT2D eigenvalue weighted by Crippen LogP contribution is -2.26. The molecule has 0 fully saturated rings. The lowest BCUT2D eigenvalue weighted by molar-refractivity contribution is 0.00972. The molecule has 0 aliphatic heterocycles. The molecule has 0 radical (unpaired) electrons. The molecule has 120 valence electrons. The Hall–Kier alpha value is -1.26. The minimum absolute atomic E-state index is 0.511. The van der Waals surface area contributed by atoms with Crippen LogP contribution in [0.3, 0.4) is 0 Å². The summed E-state index contributed by atoms with van der Waals surface area (Å²) in [6, 6.07) is 5.74. The maximum atomic E-state index is 9.98. The minimum atomic E-state index is -0.699. The Labute approximate surface area is 127 Å². The number of aliphatic hydroxyl groups excluding tert-OH is 2. The van der Waals surface area contributed by atoms with E-state index in [-0.39, 0.29) is 0 Å². The van der Waals surface area contributed by atoms with Gasteiger partial charge in [-0.05, 0) is 56.9 Å². The molecule has 4 heteroatoms. The van der Waals surface area contributed by atoms with Gasteiger partial charge in [-0.2, -0.15) is 0 Å². The van der Waals surface area contributed by atoms with Crippen molar-refractivity contribution < 1.29 is 19.7 Å². The lowest BCUT2D eigenvalue weighted by Gasteiger charge is -2.18. The molecule has 0 amide bonds. The fourth-order valence-corrected chi connectivity index (χ4v) is 2.29. The van der Waals surface area contributed by atoms with Crippen LogP contribution >= 0.6 is 0 Å². The van der Waals surface area contributed by atoms with Crippen LogP contribution in [-0.4, -0.2) is 35.6 Å². The van der Waals surface area contributed by atoms with Gasteiger partial charge in [-0.3, -0.25) is 0 Å². The molecular weight excluding hydrogens is 268 g/mol. The fourth-order valence-electron chi connectivity index (χ4n) is 2.29. The van der Waals surface area contributed by atoms with E-state index in [0.29, 0.717) is 32.5 Å². The van der Waals surface area contributed by atoms with Crippen molar-refractivity contribution in [3.05, 3.63) is 23.8 Å². The monoisotopic (exact) mass is 296 g/mol. The van der Waals surface area contributed by atoms with Crippen molar-refractivity contribution in [2.24, 2.45) is 0 Å². The smallest absolute Gasteiger partial charge is 0.122 e. The van der Waals surface area contributed by atoms with Gasteiger partial charge in [0.05, 0.1) is 25.4 Å². The van der Waals surface area contributed by atoms with Gasteiger partial charge < -0.3 is 19.7 Å². The van der Waals surface area contributed by atoms with Crippen molar-refractivity contribution in [3.8, 4) is 11.5 Å². The van der Waals surface area contributed by atoms with Crippen LogP contribution < -0.4 is 9.47 Å². The molecular formula is C17H28O4. The molecule has 0 heterocycles. The highest BCUT2D eigenvalue weighted by Gasteiger charge is 2.16. The van der Waals surface area contributed by atoms with Crippen LogP contribution in [0.2, 0.25) is 0 Å².